The van der Waals surface area contributed by atoms with Crippen LogP contribution in [0.3, 0.4) is 0 Å². The maximum absolute atomic E-state index is 12.9. The first-order valence-electron chi connectivity index (χ1n) is 10.2. The summed E-state index contributed by atoms with van der Waals surface area (Å²) in [5.41, 5.74) is 1.01. The molecule has 1 aromatic carbocycles. The van der Waals surface area contributed by atoms with Gasteiger partial charge in [-0.15, -0.1) is 0 Å². The van der Waals surface area contributed by atoms with Gasteiger partial charge in [0.2, 0.25) is 0 Å². The number of hydrogen-bond donors (Lipinski definition) is 3. The van der Waals surface area contributed by atoms with Gasteiger partial charge < -0.3 is 30.2 Å². The number of nitrogens with one attached hydrogen (secondary N) is 2. The lowest BCUT2D eigenvalue weighted by Crippen LogP contribution is -2.39. The van der Waals surface area contributed by atoms with Crippen LogP contribution in [0.5, 0.6) is 0 Å². The minimum atomic E-state index is -0.728. The summed E-state index contributed by atoms with van der Waals surface area (Å²) in [6, 6.07) is 4.25. The summed E-state index contributed by atoms with van der Waals surface area (Å²) in [4.78, 5) is 47.5. The number of hydrogen-bond acceptors (Lipinski definition) is 7. The van der Waals surface area contributed by atoms with Gasteiger partial charge >= 0.3 is 0 Å². The van der Waals surface area contributed by atoms with Crippen molar-refractivity contribution in [2.24, 2.45) is 0 Å². The van der Waals surface area contributed by atoms with Gasteiger partial charge in [0.15, 0.2) is 6.29 Å². The Morgan fingerprint density at radius 1 is 1.13 bits per heavy atom. The number of aliphatic hydroxyl groups is 1. The Balaban J connectivity index is 0.00000263. The molecule has 8 heteroatoms. The maximum Gasteiger partial charge on any atom is 0.257 e. The first-order chi connectivity index (χ1) is 14.5. The zero-order valence-corrected chi connectivity index (χ0v) is 18.2. The number of anilines is 1. The maximum atomic E-state index is 12.9. The molecule has 1 atom stereocenters. The number of likely N-dealkylation sites (N-methyl/N-ethyl adjacent to an activating group) is 1. The largest absolute Gasteiger partial charge is 0.396 e. The molecule has 0 fully saturated rings. The van der Waals surface area contributed by atoms with E-state index in [2.05, 4.69) is 10.6 Å². The Bertz CT molecular complexity index is 652. The fourth-order valence-electron chi connectivity index (χ4n) is 2.79. The molecule has 0 heterocycles. The van der Waals surface area contributed by atoms with E-state index in [1.165, 1.54) is 11.9 Å². The van der Waals surface area contributed by atoms with E-state index < -0.39 is 11.9 Å². The van der Waals surface area contributed by atoms with E-state index in [0.29, 0.717) is 31.1 Å². The Kier molecular flexibility index (Phi) is 15.8. The van der Waals surface area contributed by atoms with Gasteiger partial charge in [0.05, 0.1) is 11.6 Å². The van der Waals surface area contributed by atoms with Gasteiger partial charge in [0.1, 0.15) is 12.6 Å². The Labute approximate surface area is 179 Å². The van der Waals surface area contributed by atoms with E-state index in [9.17, 15) is 19.2 Å². The highest BCUT2D eigenvalue weighted by atomic mass is 16.3. The summed E-state index contributed by atoms with van der Waals surface area (Å²) in [6.07, 6.45) is 5.89. The lowest BCUT2D eigenvalue weighted by atomic mass is 10.0. The first-order valence-corrected chi connectivity index (χ1v) is 10.2. The van der Waals surface area contributed by atoms with Crippen molar-refractivity contribution in [3.8, 4) is 0 Å². The molecule has 0 saturated heterocycles. The summed E-state index contributed by atoms with van der Waals surface area (Å²) in [5.74, 6) is -0.441. The van der Waals surface area contributed by atoms with Crippen LogP contribution in [0.4, 0.5) is 5.69 Å². The van der Waals surface area contributed by atoms with Crippen molar-refractivity contribution in [3.05, 3.63) is 29.3 Å². The molecule has 0 aromatic heterocycles. The average Bonchev–Trinajstić information content (AvgIpc) is 2.76. The molecule has 0 aliphatic heterocycles. The molecule has 1 amide bonds. The summed E-state index contributed by atoms with van der Waals surface area (Å²) in [6.45, 7) is 0.807. The molecule has 0 aliphatic rings. The lowest BCUT2D eigenvalue weighted by Gasteiger charge is -2.25. The molecular weight excluding hydrogens is 386 g/mol. The minimum absolute atomic E-state index is 0.176. The highest BCUT2D eigenvalue weighted by Crippen LogP contribution is 2.22. The van der Waals surface area contributed by atoms with Gasteiger partial charge in [-0.2, -0.15) is 0 Å². The summed E-state index contributed by atoms with van der Waals surface area (Å²) < 4.78 is 0. The molecule has 0 radical (unpaired) electrons. The van der Waals surface area contributed by atoms with Gasteiger partial charge in [0.25, 0.3) is 5.91 Å². The molecule has 1 unspecified atom stereocenters. The number of rotatable bonds is 14. The highest BCUT2D eigenvalue weighted by molar-refractivity contribution is 6.06. The van der Waals surface area contributed by atoms with Gasteiger partial charge in [-0.3, -0.25) is 9.59 Å². The van der Waals surface area contributed by atoms with Crippen LogP contribution in [-0.2, 0) is 9.59 Å². The Morgan fingerprint density at radius 3 is 2.37 bits per heavy atom. The van der Waals surface area contributed by atoms with E-state index >= 15 is 0 Å². The SMILES string of the molecule is CN(C(=O)c1c(C=O)cccc1NCCCCCCO)C(C=O)CCC=O.CNC. The van der Waals surface area contributed by atoms with E-state index in [1.54, 1.807) is 18.2 Å². The number of amides is 1. The lowest BCUT2D eigenvalue weighted by molar-refractivity contribution is -0.112. The van der Waals surface area contributed by atoms with E-state index in [0.717, 1.165) is 25.7 Å². The fraction of sp³-hybridized carbons (Fsp3) is 0.545. The molecule has 0 bridgehead atoms. The zero-order chi connectivity index (χ0) is 22.8. The molecule has 30 heavy (non-hydrogen) atoms. The van der Waals surface area contributed by atoms with Crippen LogP contribution in [0.1, 0.15) is 59.2 Å². The third-order valence-electron chi connectivity index (χ3n) is 4.39. The molecule has 1 aromatic rings. The van der Waals surface area contributed by atoms with E-state index in [4.69, 9.17) is 5.11 Å². The summed E-state index contributed by atoms with van der Waals surface area (Å²) in [7, 11) is 5.24. The quantitative estimate of drug-likeness (QED) is 0.310. The predicted octanol–water partition coefficient (Wildman–Crippen LogP) is 1.92. The van der Waals surface area contributed by atoms with Gasteiger partial charge in [-0.1, -0.05) is 25.0 Å². The molecule has 0 aliphatic carbocycles. The van der Waals surface area contributed by atoms with Crippen LogP contribution in [0.15, 0.2) is 18.2 Å². The van der Waals surface area contributed by atoms with Crippen LogP contribution in [0.25, 0.3) is 0 Å². The second kappa shape index (κ2) is 17.3. The summed E-state index contributed by atoms with van der Waals surface area (Å²) >= 11 is 0. The molecule has 1 rings (SSSR count). The van der Waals surface area contributed by atoms with Gasteiger partial charge in [-0.25, -0.2) is 0 Å². The van der Waals surface area contributed by atoms with Crippen LogP contribution in [0.2, 0.25) is 0 Å². The van der Waals surface area contributed by atoms with Gasteiger partial charge in [0, 0.05) is 37.9 Å². The standard InChI is InChI=1S/C20H28N2O5.C2H7N/c1-22(17(15-26)9-7-13-24)20(27)19-16(14-25)8-6-10-18(19)21-11-4-2-3-5-12-23;1-3-2/h6,8,10,13-15,17,21,23H,2-5,7,9,11-12H2,1H3;3H,1-2H3. The van der Waals surface area contributed by atoms with Crippen LogP contribution < -0.4 is 10.6 Å². The number of aliphatic hydroxyl groups excluding tert-OH is 1. The smallest absolute Gasteiger partial charge is 0.257 e. The van der Waals surface area contributed by atoms with Crippen molar-refractivity contribution in [2.45, 2.75) is 44.6 Å². The number of aldehydes is 3. The first kappa shape index (κ1) is 27.4. The predicted molar refractivity (Wildman–Crippen MR) is 118 cm³/mol. The number of carbonyl (C=O) groups is 4. The third kappa shape index (κ3) is 9.76. The second-order valence-electron chi connectivity index (χ2n) is 6.82. The average molecular weight is 422 g/mol. The van der Waals surface area contributed by atoms with Crippen LogP contribution >= 0.6 is 0 Å². The van der Waals surface area contributed by atoms with Crippen LogP contribution in [0, 0.1) is 0 Å². The van der Waals surface area contributed by atoms with Crippen molar-refractivity contribution < 1.29 is 24.3 Å². The molecular formula is C22H35N3O5. The van der Waals surface area contributed by atoms with Crippen molar-refractivity contribution in [1.29, 1.82) is 0 Å². The highest BCUT2D eigenvalue weighted by Gasteiger charge is 2.24. The van der Waals surface area contributed by atoms with Gasteiger partial charge in [-0.05, 0) is 39.4 Å². The second-order valence-corrected chi connectivity index (χ2v) is 6.82. The van der Waals surface area contributed by atoms with Crippen molar-refractivity contribution in [2.75, 3.05) is 39.6 Å². The monoisotopic (exact) mass is 421 g/mol. The third-order valence-corrected chi connectivity index (χ3v) is 4.39. The minimum Gasteiger partial charge on any atom is -0.396 e. The van der Waals surface area contributed by atoms with E-state index in [1.807, 2.05) is 14.1 Å². The number of benzene rings is 1. The molecule has 8 nitrogen and oxygen atoms in total. The topological polar surface area (TPSA) is 116 Å². The molecule has 0 saturated carbocycles. The normalized spacial score (nSPS) is 10.9. The summed E-state index contributed by atoms with van der Waals surface area (Å²) in [5, 5.41) is 14.7. The number of unbranched alkanes of at least 4 members (excludes halogenated alkanes) is 3. The van der Waals surface area contributed by atoms with Crippen molar-refractivity contribution in [3.63, 3.8) is 0 Å². The Morgan fingerprint density at radius 2 is 1.80 bits per heavy atom. The number of nitrogens with zero attached hydrogens (tertiary/aromatic N) is 1. The fourth-order valence-corrected chi connectivity index (χ4v) is 2.79. The molecule has 168 valence electrons. The molecule has 3 N–H and O–H groups in total. The van der Waals surface area contributed by atoms with E-state index in [-0.39, 0.29) is 30.6 Å². The number of carbonyl (C=O) groups excluding carboxylic acids is 4. The van der Waals surface area contributed by atoms with Crippen molar-refractivity contribution >= 4 is 30.5 Å². The Hall–Kier alpha value is -2.58. The molecule has 0 spiro atoms. The van der Waals surface area contributed by atoms with Crippen LogP contribution in [-0.4, -0.2) is 75.1 Å². The zero-order valence-electron chi connectivity index (χ0n) is 18.2. The van der Waals surface area contributed by atoms with Crippen molar-refractivity contribution in [1.82, 2.24) is 10.2 Å².